The quantitative estimate of drug-likeness (QED) is 0.492. The highest BCUT2D eigenvalue weighted by molar-refractivity contribution is 7.79. The molecule has 0 fully saturated rings. The smallest absolute Gasteiger partial charge is 0.188 e. The Morgan fingerprint density at radius 1 is 1.55 bits per heavy atom. The van der Waals surface area contributed by atoms with E-state index >= 15 is 0 Å². The highest BCUT2D eigenvalue weighted by atomic mass is 32.2. The molecule has 1 atom stereocenters. The van der Waals surface area contributed by atoms with E-state index in [0.717, 1.165) is 5.56 Å². The van der Waals surface area contributed by atoms with Gasteiger partial charge in [-0.05, 0) is 24.6 Å². The van der Waals surface area contributed by atoms with Gasteiger partial charge in [-0.25, -0.2) is 4.21 Å². The van der Waals surface area contributed by atoms with Crippen molar-refractivity contribution in [1.29, 1.82) is 0 Å². The van der Waals surface area contributed by atoms with Crippen LogP contribution in [0.4, 0.5) is 5.69 Å². The maximum Gasteiger partial charge on any atom is 0.188 e. The van der Waals surface area contributed by atoms with Crippen molar-refractivity contribution in [2.24, 2.45) is 0 Å². The van der Waals surface area contributed by atoms with Crippen molar-refractivity contribution in [2.45, 2.75) is 11.8 Å². The summed E-state index contributed by atoms with van der Waals surface area (Å²) in [4.78, 5) is 0.282. The summed E-state index contributed by atoms with van der Waals surface area (Å²) in [5, 5.41) is 0. The zero-order valence-corrected chi connectivity index (χ0v) is 6.89. The van der Waals surface area contributed by atoms with Gasteiger partial charge in [0.05, 0.1) is 10.6 Å². The average Bonchev–Trinajstić information content (AvgIpc) is 1.94. The molecule has 4 heteroatoms. The van der Waals surface area contributed by atoms with Crippen LogP contribution in [0.15, 0.2) is 23.1 Å². The summed E-state index contributed by atoms with van der Waals surface area (Å²) in [6.07, 6.45) is 0. The van der Waals surface area contributed by atoms with Gasteiger partial charge in [-0.1, -0.05) is 6.07 Å². The van der Waals surface area contributed by atoms with Crippen molar-refractivity contribution >= 4 is 16.8 Å². The lowest BCUT2D eigenvalue weighted by molar-refractivity contribution is 0.565. The van der Waals surface area contributed by atoms with Gasteiger partial charge < -0.3 is 10.3 Å². The van der Waals surface area contributed by atoms with Crippen LogP contribution in [0.3, 0.4) is 0 Å². The Morgan fingerprint density at radius 3 is 2.64 bits per heavy atom. The third-order valence-corrected chi connectivity index (χ3v) is 2.09. The van der Waals surface area contributed by atoms with Crippen molar-refractivity contribution in [2.75, 3.05) is 5.73 Å². The summed E-state index contributed by atoms with van der Waals surface area (Å²) in [5.74, 6) is 0. The summed E-state index contributed by atoms with van der Waals surface area (Å²) in [6.45, 7) is 1.84. The molecular weight excluding hydrogens is 162 g/mol. The molecule has 3 nitrogen and oxygen atoms in total. The Morgan fingerprint density at radius 2 is 2.18 bits per heavy atom. The Balaban J connectivity index is 3.23. The van der Waals surface area contributed by atoms with Crippen molar-refractivity contribution in [3.05, 3.63) is 23.8 Å². The van der Waals surface area contributed by atoms with E-state index in [1.54, 1.807) is 18.2 Å². The maximum absolute atomic E-state index is 10.6. The first kappa shape index (κ1) is 8.23. The molecule has 1 aromatic rings. The van der Waals surface area contributed by atoms with Crippen LogP contribution in [0.25, 0.3) is 0 Å². The van der Waals surface area contributed by atoms with Gasteiger partial charge in [-0.2, -0.15) is 0 Å². The fourth-order valence-electron chi connectivity index (χ4n) is 0.793. The fourth-order valence-corrected chi connectivity index (χ4v) is 1.35. The molecule has 0 amide bonds. The van der Waals surface area contributed by atoms with E-state index in [-0.39, 0.29) is 4.90 Å². The number of rotatable bonds is 1. The van der Waals surface area contributed by atoms with Crippen LogP contribution in [0.2, 0.25) is 0 Å². The number of aryl methyl sites for hydroxylation is 1. The largest absolute Gasteiger partial charge is 0.398 e. The Bertz CT molecular complexity index is 298. The second kappa shape index (κ2) is 3.02. The first-order valence-corrected chi connectivity index (χ1v) is 4.19. The van der Waals surface area contributed by atoms with Crippen LogP contribution in [0.5, 0.6) is 0 Å². The highest BCUT2D eigenvalue weighted by Crippen LogP contribution is 2.16. The van der Waals surface area contributed by atoms with Crippen molar-refractivity contribution in [3.8, 4) is 0 Å². The van der Waals surface area contributed by atoms with Gasteiger partial charge in [0.25, 0.3) is 0 Å². The number of nitrogen functional groups attached to an aromatic ring is 1. The fraction of sp³-hybridized carbons (Fsp3) is 0.143. The molecule has 0 radical (unpaired) electrons. The third-order valence-electron chi connectivity index (χ3n) is 1.36. The highest BCUT2D eigenvalue weighted by Gasteiger charge is 2.03. The number of hydrogen-bond acceptors (Lipinski definition) is 2. The molecular formula is C7H9NO2S. The molecule has 0 aliphatic rings. The number of benzene rings is 1. The summed E-state index contributed by atoms with van der Waals surface area (Å²) in [7, 11) is 0. The van der Waals surface area contributed by atoms with E-state index in [2.05, 4.69) is 0 Å². The zero-order chi connectivity index (χ0) is 8.43. The molecule has 0 bridgehead atoms. The molecule has 0 saturated carbocycles. The predicted octanol–water partition coefficient (Wildman–Crippen LogP) is 1.16. The normalized spacial score (nSPS) is 12.9. The van der Waals surface area contributed by atoms with E-state index in [1.165, 1.54) is 0 Å². The molecule has 11 heavy (non-hydrogen) atoms. The molecule has 1 rings (SSSR count). The van der Waals surface area contributed by atoms with Crippen molar-refractivity contribution in [3.63, 3.8) is 0 Å². The van der Waals surface area contributed by atoms with Gasteiger partial charge in [-0.15, -0.1) is 0 Å². The van der Waals surface area contributed by atoms with Gasteiger partial charge in [-0.3, -0.25) is 0 Å². The van der Waals surface area contributed by atoms with E-state index in [4.69, 9.17) is 10.3 Å². The molecule has 1 aromatic carbocycles. The lowest BCUT2D eigenvalue weighted by Crippen LogP contribution is -1.96. The first-order chi connectivity index (χ1) is 5.11. The molecule has 0 spiro atoms. The molecule has 1 unspecified atom stereocenters. The molecule has 0 heterocycles. The second-order valence-corrected chi connectivity index (χ2v) is 3.23. The monoisotopic (exact) mass is 171 g/mol. The minimum atomic E-state index is -1.98. The van der Waals surface area contributed by atoms with Gasteiger partial charge in [0.1, 0.15) is 0 Å². The van der Waals surface area contributed by atoms with E-state index < -0.39 is 11.1 Å². The standard InChI is InChI=1S/C7H9NO2S/c1-5-2-3-6(8)7(4-5)11(9)10/h2-4H,8H2,1H3,(H,9,10). The van der Waals surface area contributed by atoms with Crippen LogP contribution in [-0.4, -0.2) is 8.76 Å². The molecule has 0 aromatic heterocycles. The number of anilines is 1. The minimum absolute atomic E-state index is 0.282. The molecule has 60 valence electrons. The summed E-state index contributed by atoms with van der Waals surface area (Å²) < 4.78 is 19.3. The van der Waals surface area contributed by atoms with Crippen molar-refractivity contribution < 1.29 is 8.76 Å². The lowest BCUT2D eigenvalue weighted by Gasteiger charge is -2.00. The Kier molecular flexibility index (Phi) is 2.26. The van der Waals surface area contributed by atoms with E-state index in [1.807, 2.05) is 6.92 Å². The van der Waals surface area contributed by atoms with Crippen LogP contribution >= 0.6 is 0 Å². The zero-order valence-electron chi connectivity index (χ0n) is 6.07. The van der Waals surface area contributed by atoms with Crippen LogP contribution in [-0.2, 0) is 11.1 Å². The van der Waals surface area contributed by atoms with Crippen LogP contribution in [0.1, 0.15) is 5.56 Å². The topological polar surface area (TPSA) is 63.3 Å². The first-order valence-electron chi connectivity index (χ1n) is 3.08. The van der Waals surface area contributed by atoms with E-state index in [9.17, 15) is 4.21 Å². The second-order valence-electron chi connectivity index (χ2n) is 2.29. The Labute approximate surface area is 67.5 Å². The summed E-state index contributed by atoms with van der Waals surface area (Å²) >= 11 is -1.98. The van der Waals surface area contributed by atoms with Gasteiger partial charge in [0.15, 0.2) is 11.1 Å². The molecule has 0 saturated heterocycles. The molecule has 0 aliphatic carbocycles. The summed E-state index contributed by atoms with van der Waals surface area (Å²) in [6, 6.07) is 5.02. The molecule has 3 N–H and O–H groups in total. The Hall–Kier alpha value is -0.870. The SMILES string of the molecule is Cc1ccc(N)c(S(=O)O)c1. The van der Waals surface area contributed by atoms with Gasteiger partial charge >= 0.3 is 0 Å². The van der Waals surface area contributed by atoms with Gasteiger partial charge in [0, 0.05) is 0 Å². The third kappa shape index (κ3) is 1.78. The van der Waals surface area contributed by atoms with Crippen molar-refractivity contribution in [1.82, 2.24) is 0 Å². The number of nitrogens with two attached hydrogens (primary N) is 1. The van der Waals surface area contributed by atoms with Crippen LogP contribution < -0.4 is 5.73 Å². The average molecular weight is 171 g/mol. The van der Waals surface area contributed by atoms with E-state index in [0.29, 0.717) is 5.69 Å². The summed E-state index contributed by atoms with van der Waals surface area (Å²) in [5.41, 5.74) is 6.72. The minimum Gasteiger partial charge on any atom is -0.398 e. The molecule has 0 aliphatic heterocycles. The van der Waals surface area contributed by atoms with Gasteiger partial charge in [0.2, 0.25) is 0 Å². The maximum atomic E-state index is 10.6. The van der Waals surface area contributed by atoms with Crippen LogP contribution in [0, 0.1) is 6.92 Å². The number of hydrogen-bond donors (Lipinski definition) is 2. The predicted molar refractivity (Wildman–Crippen MR) is 44.6 cm³/mol. The lowest BCUT2D eigenvalue weighted by atomic mass is 10.2.